The SMILES string of the molecule is CCc1ccc(N2C(N)=C(C#N)[C@]3(C(=O)N(Cc4ccc(F)cc4)c4ccccc43)C3=C2COC3=O)cc1. The summed E-state index contributed by atoms with van der Waals surface area (Å²) in [6, 6.07) is 22.7. The summed E-state index contributed by atoms with van der Waals surface area (Å²) >= 11 is 0. The second-order valence-corrected chi connectivity index (χ2v) is 9.41. The van der Waals surface area contributed by atoms with Crippen molar-refractivity contribution in [3.8, 4) is 6.07 Å². The molecule has 0 fully saturated rings. The number of fused-ring (bicyclic) bond motifs is 3. The van der Waals surface area contributed by atoms with Crippen molar-refractivity contribution in [1.29, 1.82) is 5.26 Å². The lowest BCUT2D eigenvalue weighted by Gasteiger charge is -2.38. The summed E-state index contributed by atoms with van der Waals surface area (Å²) in [4.78, 5) is 31.0. The van der Waals surface area contributed by atoms with Crippen LogP contribution in [0.25, 0.3) is 0 Å². The Kier molecular flexibility index (Phi) is 5.31. The van der Waals surface area contributed by atoms with Gasteiger partial charge in [-0.1, -0.05) is 49.4 Å². The van der Waals surface area contributed by atoms with Gasteiger partial charge in [0, 0.05) is 16.9 Å². The number of aryl methyl sites for hydroxylation is 1. The van der Waals surface area contributed by atoms with Crippen LogP contribution < -0.4 is 15.5 Å². The molecule has 2 N–H and O–H groups in total. The van der Waals surface area contributed by atoms with Gasteiger partial charge in [-0.05, 0) is 47.9 Å². The zero-order valence-electron chi connectivity index (χ0n) is 20.6. The van der Waals surface area contributed by atoms with Crippen LogP contribution in [-0.4, -0.2) is 18.5 Å². The molecule has 3 aromatic carbocycles. The van der Waals surface area contributed by atoms with Gasteiger partial charge in [-0.25, -0.2) is 9.18 Å². The summed E-state index contributed by atoms with van der Waals surface area (Å²) < 4.78 is 19.0. The first-order chi connectivity index (χ1) is 18.4. The Bertz CT molecular complexity index is 1600. The maximum atomic E-state index is 14.5. The normalized spacial score (nSPS) is 20.1. The average molecular weight is 507 g/mol. The van der Waals surface area contributed by atoms with Crippen LogP contribution in [-0.2, 0) is 32.7 Å². The van der Waals surface area contributed by atoms with Gasteiger partial charge >= 0.3 is 5.97 Å². The second-order valence-electron chi connectivity index (χ2n) is 9.41. The van der Waals surface area contributed by atoms with E-state index in [0.29, 0.717) is 28.2 Å². The first kappa shape index (κ1) is 23.5. The molecule has 8 heteroatoms. The lowest BCUT2D eigenvalue weighted by Crippen LogP contribution is -2.50. The van der Waals surface area contributed by atoms with Gasteiger partial charge in [0.05, 0.1) is 23.4 Å². The number of ether oxygens (including phenoxy) is 1. The Hall–Kier alpha value is -4.90. The summed E-state index contributed by atoms with van der Waals surface area (Å²) in [6.45, 7) is 2.08. The number of nitrogens with two attached hydrogens (primary N) is 1. The number of halogens is 1. The number of anilines is 2. The Morgan fingerprint density at radius 3 is 2.39 bits per heavy atom. The van der Waals surface area contributed by atoms with Crippen molar-refractivity contribution in [2.75, 3.05) is 16.4 Å². The van der Waals surface area contributed by atoms with Crippen LogP contribution >= 0.6 is 0 Å². The molecule has 1 amide bonds. The van der Waals surface area contributed by atoms with Gasteiger partial charge in [-0.15, -0.1) is 0 Å². The summed E-state index contributed by atoms with van der Waals surface area (Å²) in [5.74, 6) is -1.46. The van der Waals surface area contributed by atoms with Crippen LogP contribution in [0, 0.1) is 17.1 Å². The number of nitriles is 1. The van der Waals surface area contributed by atoms with Gasteiger partial charge < -0.3 is 15.4 Å². The van der Waals surface area contributed by atoms with E-state index in [0.717, 1.165) is 12.0 Å². The van der Waals surface area contributed by atoms with E-state index < -0.39 is 17.3 Å². The van der Waals surface area contributed by atoms with E-state index in [2.05, 4.69) is 6.07 Å². The predicted molar refractivity (Wildman–Crippen MR) is 139 cm³/mol. The number of amides is 1. The van der Waals surface area contributed by atoms with Crippen molar-refractivity contribution in [3.05, 3.63) is 118 Å². The number of hydrogen-bond donors (Lipinski definition) is 1. The molecule has 7 nitrogen and oxygen atoms in total. The molecule has 3 aromatic rings. The number of cyclic esters (lactones) is 1. The third-order valence-electron chi connectivity index (χ3n) is 7.48. The molecular formula is C30H23FN4O3. The largest absolute Gasteiger partial charge is 0.456 e. The minimum atomic E-state index is -1.75. The molecule has 0 aliphatic carbocycles. The number of benzene rings is 3. The Morgan fingerprint density at radius 2 is 1.71 bits per heavy atom. The van der Waals surface area contributed by atoms with Crippen LogP contribution in [0.4, 0.5) is 15.8 Å². The maximum absolute atomic E-state index is 14.5. The second kappa shape index (κ2) is 8.60. The lowest BCUT2D eigenvalue weighted by molar-refractivity contribution is -0.137. The zero-order valence-corrected chi connectivity index (χ0v) is 20.6. The lowest BCUT2D eigenvalue weighted by atomic mass is 9.67. The number of hydrogen-bond acceptors (Lipinski definition) is 6. The van der Waals surface area contributed by atoms with E-state index >= 15 is 0 Å². The fourth-order valence-corrected chi connectivity index (χ4v) is 5.70. The smallest absolute Gasteiger partial charge is 0.338 e. The molecule has 3 aliphatic heterocycles. The molecule has 188 valence electrons. The van der Waals surface area contributed by atoms with Crippen molar-refractivity contribution in [2.24, 2.45) is 5.73 Å². The highest BCUT2D eigenvalue weighted by atomic mass is 19.1. The molecule has 0 radical (unpaired) electrons. The van der Waals surface area contributed by atoms with Crippen LogP contribution in [0.5, 0.6) is 0 Å². The van der Waals surface area contributed by atoms with E-state index in [1.165, 1.54) is 17.0 Å². The van der Waals surface area contributed by atoms with Crippen molar-refractivity contribution in [2.45, 2.75) is 25.3 Å². The molecular weight excluding hydrogens is 483 g/mol. The minimum absolute atomic E-state index is 0.0336. The first-order valence-corrected chi connectivity index (χ1v) is 12.3. The van der Waals surface area contributed by atoms with Gasteiger partial charge in [-0.3, -0.25) is 9.69 Å². The molecule has 1 spiro atoms. The van der Waals surface area contributed by atoms with E-state index in [1.54, 1.807) is 41.3 Å². The van der Waals surface area contributed by atoms with Gasteiger partial charge in [-0.2, -0.15) is 5.26 Å². The van der Waals surface area contributed by atoms with Crippen LogP contribution in [0.15, 0.2) is 95.5 Å². The molecule has 3 heterocycles. The number of rotatable bonds is 4. The molecule has 0 bridgehead atoms. The highest BCUT2D eigenvalue weighted by Crippen LogP contribution is 2.56. The fraction of sp³-hybridized carbons (Fsp3) is 0.167. The molecule has 6 rings (SSSR count). The predicted octanol–water partition coefficient (Wildman–Crippen LogP) is 4.20. The number of carbonyl (C=O) groups excluding carboxylic acids is 2. The van der Waals surface area contributed by atoms with Crippen molar-refractivity contribution in [3.63, 3.8) is 0 Å². The highest BCUT2D eigenvalue weighted by Gasteiger charge is 2.63. The number of carbonyl (C=O) groups is 2. The van der Waals surface area contributed by atoms with Gasteiger partial charge in [0.2, 0.25) is 5.91 Å². The van der Waals surface area contributed by atoms with Crippen molar-refractivity contribution in [1.82, 2.24) is 0 Å². The quantitative estimate of drug-likeness (QED) is 0.533. The van der Waals surface area contributed by atoms with Crippen LogP contribution in [0.1, 0.15) is 23.6 Å². The Balaban J connectivity index is 1.58. The molecule has 1 atom stereocenters. The molecule has 0 unspecified atom stereocenters. The Morgan fingerprint density at radius 1 is 1.03 bits per heavy atom. The number of esters is 1. The van der Waals surface area contributed by atoms with Gasteiger partial charge in [0.1, 0.15) is 29.7 Å². The minimum Gasteiger partial charge on any atom is -0.456 e. The molecule has 0 saturated heterocycles. The summed E-state index contributed by atoms with van der Waals surface area (Å²) in [5, 5.41) is 10.5. The van der Waals surface area contributed by atoms with E-state index in [9.17, 15) is 19.2 Å². The molecule has 3 aliphatic rings. The van der Waals surface area contributed by atoms with E-state index in [-0.39, 0.29) is 35.9 Å². The molecule has 0 aromatic heterocycles. The monoisotopic (exact) mass is 506 g/mol. The summed E-state index contributed by atoms with van der Waals surface area (Å²) in [7, 11) is 0. The summed E-state index contributed by atoms with van der Waals surface area (Å²) in [6.07, 6.45) is 0.850. The number of nitrogens with zero attached hydrogens (tertiary/aromatic N) is 3. The third-order valence-corrected chi connectivity index (χ3v) is 7.48. The standard InChI is InChI=1S/C30H23FN4O3/c1-2-18-9-13-21(14-10-18)35-25-17-38-28(36)26(25)30(23(15-32)27(35)33)22-5-3-4-6-24(22)34(29(30)37)16-19-7-11-20(31)12-8-19/h3-14H,2,16-17,33H2,1H3/t30-/m0/s1. The topological polar surface area (TPSA) is 99.7 Å². The fourth-order valence-electron chi connectivity index (χ4n) is 5.70. The summed E-state index contributed by atoms with van der Waals surface area (Å²) in [5.41, 5.74) is 8.95. The van der Waals surface area contributed by atoms with Gasteiger partial charge in [0.15, 0.2) is 0 Å². The molecule has 38 heavy (non-hydrogen) atoms. The number of para-hydroxylation sites is 1. The highest BCUT2D eigenvalue weighted by molar-refractivity contribution is 6.19. The van der Waals surface area contributed by atoms with Crippen molar-refractivity contribution >= 4 is 23.3 Å². The Labute approximate surface area is 218 Å². The third kappa shape index (κ3) is 3.12. The van der Waals surface area contributed by atoms with Crippen LogP contribution in [0.3, 0.4) is 0 Å². The van der Waals surface area contributed by atoms with Crippen molar-refractivity contribution < 1.29 is 18.7 Å². The van der Waals surface area contributed by atoms with E-state index in [4.69, 9.17) is 10.5 Å². The van der Waals surface area contributed by atoms with Gasteiger partial charge in [0.25, 0.3) is 0 Å². The average Bonchev–Trinajstić information content (AvgIpc) is 3.42. The molecule has 0 saturated carbocycles. The van der Waals surface area contributed by atoms with E-state index in [1.807, 2.05) is 31.2 Å². The van der Waals surface area contributed by atoms with Crippen LogP contribution in [0.2, 0.25) is 0 Å². The first-order valence-electron chi connectivity index (χ1n) is 12.3. The zero-order chi connectivity index (χ0) is 26.6. The maximum Gasteiger partial charge on any atom is 0.338 e.